The molecule has 3 aliphatic heterocycles. The molecule has 0 unspecified atom stereocenters. The largest absolute Gasteiger partial charge is 0.481 e. The molecule has 0 atom stereocenters. The van der Waals surface area contributed by atoms with Crippen molar-refractivity contribution in [3.05, 3.63) is 161 Å². The molecule has 5 aliphatic rings. The predicted octanol–water partition coefficient (Wildman–Crippen LogP) is 8.25. The number of nitrogens with zero attached hydrogens (tertiary/aromatic N) is 3. The number of halogens is 4. The van der Waals surface area contributed by atoms with Gasteiger partial charge in [-0.3, -0.25) is 38.6 Å². The molecule has 2 aliphatic carbocycles. The summed E-state index contributed by atoms with van der Waals surface area (Å²) in [4.78, 5) is 75.6. The van der Waals surface area contributed by atoms with Crippen LogP contribution in [0, 0.1) is 0 Å². The third kappa shape index (κ3) is 16.6. The topological polar surface area (TPSA) is 178 Å². The molecule has 0 spiro atoms. The summed E-state index contributed by atoms with van der Waals surface area (Å²) in [6.07, 6.45) is 9.95. The van der Waals surface area contributed by atoms with Crippen molar-refractivity contribution in [3.8, 4) is 0 Å². The number of carbonyl (C=O) groups excluding carboxylic acids is 5. The second-order valence-corrected chi connectivity index (χ2v) is 20.8. The Morgan fingerprint density at radius 1 is 0.608 bits per heavy atom. The average Bonchev–Trinajstić information content (AvgIpc) is 4.09. The van der Waals surface area contributed by atoms with Crippen molar-refractivity contribution in [2.75, 3.05) is 78.5 Å². The molecule has 4 aromatic carbocycles. The van der Waals surface area contributed by atoms with Gasteiger partial charge in [0.2, 0.25) is 5.91 Å². The smallest absolute Gasteiger partial charge is 0.314 e. The molecule has 14 nitrogen and oxygen atoms in total. The molecule has 3 fully saturated rings. The molecule has 3 amide bonds. The highest BCUT2D eigenvalue weighted by molar-refractivity contribution is 9.10. The van der Waals surface area contributed by atoms with Crippen molar-refractivity contribution in [2.24, 2.45) is 0 Å². The van der Waals surface area contributed by atoms with Gasteiger partial charge in [0.25, 0.3) is 11.8 Å². The fraction of sp³-hybridized carbons (Fsp3) is 0.321. The van der Waals surface area contributed by atoms with Gasteiger partial charge in [0.05, 0.1) is 30.4 Å². The van der Waals surface area contributed by atoms with Crippen LogP contribution in [0.1, 0.15) is 59.1 Å². The van der Waals surface area contributed by atoms with Crippen LogP contribution in [0.2, 0.25) is 10.0 Å². The van der Waals surface area contributed by atoms with Crippen LogP contribution in [0.3, 0.4) is 0 Å². The van der Waals surface area contributed by atoms with Crippen molar-refractivity contribution >= 4 is 114 Å². The number of amides is 3. The molecule has 3 saturated heterocycles. The van der Waals surface area contributed by atoms with Gasteiger partial charge < -0.3 is 30.7 Å². The molecule has 4 aromatic rings. The number of carboxylic acid groups (broad SMARTS) is 1. The minimum Gasteiger partial charge on any atom is -0.481 e. The van der Waals surface area contributed by atoms with Crippen LogP contribution in [0.5, 0.6) is 0 Å². The molecule has 0 radical (unpaired) electrons. The van der Waals surface area contributed by atoms with Crippen LogP contribution in [0.15, 0.2) is 117 Å². The molecule has 4 N–H and O–H groups in total. The minimum absolute atomic E-state index is 0.00182. The van der Waals surface area contributed by atoms with Gasteiger partial charge in [0.15, 0.2) is 0 Å². The van der Waals surface area contributed by atoms with E-state index in [0.717, 1.165) is 92.6 Å². The molecule has 0 bridgehead atoms. The van der Waals surface area contributed by atoms with E-state index in [1.807, 2.05) is 91.0 Å². The van der Waals surface area contributed by atoms with Crippen LogP contribution in [-0.2, 0) is 46.3 Å². The first-order valence-electron chi connectivity index (χ1n) is 24.5. The lowest BCUT2D eigenvalue weighted by Crippen LogP contribution is -2.50. The number of cyclic esters (lactones) is 2. The third-order valence-corrected chi connectivity index (χ3v) is 14.4. The van der Waals surface area contributed by atoms with Crippen molar-refractivity contribution in [2.45, 2.75) is 38.5 Å². The van der Waals surface area contributed by atoms with Gasteiger partial charge in [-0.25, -0.2) is 0 Å². The summed E-state index contributed by atoms with van der Waals surface area (Å²) < 4.78 is 6.09. The Hall–Kier alpha value is -5.72. The van der Waals surface area contributed by atoms with Crippen molar-refractivity contribution < 1.29 is 38.6 Å². The summed E-state index contributed by atoms with van der Waals surface area (Å²) in [5.41, 5.74) is 9.80. The van der Waals surface area contributed by atoms with Gasteiger partial charge >= 0.3 is 17.9 Å². The van der Waals surface area contributed by atoms with Crippen molar-refractivity contribution in [3.63, 3.8) is 0 Å². The maximum absolute atomic E-state index is 13.3. The zero-order valence-corrected chi connectivity index (χ0v) is 45.5. The highest BCUT2D eigenvalue weighted by Crippen LogP contribution is 2.37. The third-order valence-electron chi connectivity index (χ3n) is 12.9. The van der Waals surface area contributed by atoms with E-state index in [1.54, 1.807) is 4.90 Å². The average molecular weight is 1170 g/mol. The molecule has 18 heteroatoms. The summed E-state index contributed by atoms with van der Waals surface area (Å²) in [5, 5.41) is 19.7. The van der Waals surface area contributed by atoms with E-state index in [1.165, 1.54) is 5.56 Å². The molecule has 74 heavy (non-hydrogen) atoms. The lowest BCUT2D eigenvalue weighted by Gasteiger charge is -2.34. The summed E-state index contributed by atoms with van der Waals surface area (Å²) in [6.45, 7) is 9.34. The zero-order chi connectivity index (χ0) is 52.6. The number of hydrogen-bond acceptors (Lipinski definition) is 10. The van der Waals surface area contributed by atoms with E-state index >= 15 is 0 Å². The van der Waals surface area contributed by atoms with Crippen LogP contribution in [0.25, 0.3) is 23.3 Å². The van der Waals surface area contributed by atoms with Crippen LogP contribution in [0.4, 0.5) is 0 Å². The maximum Gasteiger partial charge on any atom is 0.314 e. The van der Waals surface area contributed by atoms with Crippen molar-refractivity contribution in [1.82, 2.24) is 30.7 Å². The van der Waals surface area contributed by atoms with Crippen LogP contribution >= 0.6 is 55.1 Å². The summed E-state index contributed by atoms with van der Waals surface area (Å²) in [6, 6.07) is 27.4. The Kier molecular flexibility index (Phi) is 21.0. The summed E-state index contributed by atoms with van der Waals surface area (Å²) in [7, 11) is 0. The number of hydrogen-bond donors (Lipinski definition) is 4. The fourth-order valence-electron chi connectivity index (χ4n) is 8.99. The fourth-order valence-corrected chi connectivity index (χ4v) is 10.1. The Bertz CT molecular complexity index is 2820. The molecular weight excluding hydrogens is 1120 g/mol. The second kappa shape index (κ2) is 27.7. The predicted molar refractivity (Wildman–Crippen MR) is 296 cm³/mol. The lowest BCUT2D eigenvalue weighted by atomic mass is 10.0. The van der Waals surface area contributed by atoms with Gasteiger partial charge in [-0.1, -0.05) is 116 Å². The molecule has 0 aromatic heterocycles. The van der Waals surface area contributed by atoms with E-state index in [0.29, 0.717) is 67.9 Å². The highest BCUT2D eigenvalue weighted by atomic mass is 79.9. The van der Waals surface area contributed by atoms with Crippen LogP contribution in [-0.4, -0.2) is 134 Å². The normalized spacial score (nSPS) is 16.6. The number of fused-ring (bicyclic) bond motifs is 2. The number of carbonyl (C=O) groups is 6. The second-order valence-electron chi connectivity index (χ2n) is 18.1. The van der Waals surface area contributed by atoms with Crippen molar-refractivity contribution in [1.29, 1.82) is 0 Å². The molecule has 0 saturated carbocycles. The molecular formula is C56H58Br2Cl2N6O8. The number of rotatable bonds is 15. The number of ether oxygens (including phenoxy) is 1. The van der Waals surface area contributed by atoms with Gasteiger partial charge in [-0.2, -0.15) is 0 Å². The first kappa shape index (κ1) is 56.0. The summed E-state index contributed by atoms with van der Waals surface area (Å²) >= 11 is 19.1. The zero-order valence-electron chi connectivity index (χ0n) is 40.8. The lowest BCUT2D eigenvalue weighted by molar-refractivity contribution is -0.152. The number of allylic oxidation sites excluding steroid dienone is 4. The molecule has 388 valence electrons. The van der Waals surface area contributed by atoms with E-state index in [-0.39, 0.29) is 43.4 Å². The van der Waals surface area contributed by atoms with Gasteiger partial charge in [-0.15, -0.1) is 0 Å². The minimum atomic E-state index is -0.959. The number of aliphatic carboxylic acids is 1. The number of benzene rings is 4. The number of piperazine rings is 2. The Balaban J connectivity index is 0.000000194. The quantitative estimate of drug-likeness (QED) is 0.0666. The Morgan fingerprint density at radius 2 is 1.05 bits per heavy atom. The Morgan fingerprint density at radius 3 is 1.47 bits per heavy atom. The van der Waals surface area contributed by atoms with E-state index in [2.05, 4.69) is 80.6 Å². The van der Waals surface area contributed by atoms with Crippen LogP contribution < -0.4 is 16.0 Å². The molecule has 3 heterocycles. The Labute approximate surface area is 458 Å². The van der Waals surface area contributed by atoms with Gasteiger partial charge in [-0.05, 0) is 106 Å². The SMILES string of the molecule is O=C(NCCN1CCNCC1)C1=C(/C=C/c2ccc(Cl)cc2)Cc2cc(Br)ccc21.O=C(O)CCC(=O)N1CCN(CCNC(=O)C2=C(/C=C/c3ccc(Cl)cc3)Cc3cc(Br)ccc32)CC1.O=C1CCC(=O)O1. The molecule has 9 rings (SSSR count). The number of esters is 2. The van der Waals surface area contributed by atoms with Gasteiger partial charge in [0.1, 0.15) is 0 Å². The highest BCUT2D eigenvalue weighted by Gasteiger charge is 2.28. The number of nitrogens with one attached hydrogen (secondary N) is 3. The van der Waals surface area contributed by atoms with Gasteiger partial charge in [0, 0.05) is 104 Å². The monoisotopic (exact) mass is 1170 g/mol. The van der Waals surface area contributed by atoms with E-state index in [9.17, 15) is 28.8 Å². The first-order chi connectivity index (χ1) is 35.7. The standard InChI is InChI=1S/C28H29BrClN3O4.C24H25BrClN3O.C4H4O3/c29-22-5-8-24-21(18-22)17-20(4-1-19-2-6-23(30)7-3-19)27(24)28(37)31-11-12-32-13-15-33(16-14-32)25(34)9-10-26(35)36;25-20-5-8-22-19(16-20)15-18(4-1-17-2-6-21(26)7-3-17)23(22)24(30)28-11-14-29-12-9-27-10-13-29;5-3-1-2-4(6)7-3/h1-8,18H,9-17H2,(H,31,37)(H,35,36);1-8,16,27H,9-15H2,(H,28,30);1-2H2/b2*4-1+;. The number of carboxylic acids is 1. The van der Waals surface area contributed by atoms with E-state index < -0.39 is 17.9 Å². The summed E-state index contributed by atoms with van der Waals surface area (Å²) in [5.74, 6) is -1.97. The first-order valence-corrected chi connectivity index (χ1v) is 26.9. The maximum atomic E-state index is 13.3. The van der Waals surface area contributed by atoms with E-state index in [4.69, 9.17) is 28.3 Å².